The van der Waals surface area contributed by atoms with Gasteiger partial charge < -0.3 is 130 Å². The molecule has 0 aromatic heterocycles. The van der Waals surface area contributed by atoms with Crippen molar-refractivity contribution in [2.75, 3.05) is 33.0 Å². The predicted octanol–water partition coefficient (Wildman–Crippen LogP) is -11.8. The van der Waals surface area contributed by atoms with Crippen LogP contribution in [0, 0.1) is 0 Å². The first-order chi connectivity index (χ1) is 27.9. The van der Waals surface area contributed by atoms with E-state index in [1.165, 1.54) is 0 Å². The molecular weight excluding hydrogens is 814 g/mol. The Hall–Kier alpha value is -1.53. The van der Waals surface area contributed by atoms with Gasteiger partial charge in [-0.25, -0.2) is 0 Å². The zero-order valence-electron chi connectivity index (χ0n) is 31.2. The molecule has 59 heavy (non-hydrogen) atoms. The third kappa shape index (κ3) is 10.3. The van der Waals surface area contributed by atoms with E-state index in [1.807, 2.05) is 0 Å². The minimum absolute atomic E-state index is 0.684. The Morgan fingerprint density at radius 3 is 1.42 bits per heavy atom. The van der Waals surface area contributed by atoms with E-state index in [9.17, 15) is 86.5 Å². The smallest absolute Gasteiger partial charge is 0.217 e. The fraction of sp³-hybridized carbons (Fsp3) is 0.969. The first-order valence-corrected chi connectivity index (χ1v) is 18.6. The van der Waals surface area contributed by atoms with Crippen molar-refractivity contribution in [2.45, 2.75) is 160 Å². The van der Waals surface area contributed by atoms with Gasteiger partial charge in [-0.15, -0.1) is 0 Å². The molecule has 344 valence electrons. The maximum atomic E-state index is 11.7. The Labute approximate surface area is 333 Å². The van der Waals surface area contributed by atoms with Gasteiger partial charge >= 0.3 is 0 Å². The van der Waals surface area contributed by atoms with Crippen molar-refractivity contribution in [2.24, 2.45) is 0 Å². The molecule has 5 heterocycles. The molecule has 0 spiro atoms. The monoisotopic (exact) mass is 869 g/mol. The number of aliphatic hydroxyl groups excluding tert-OH is 16. The standard InChI is InChI=1S/C32H55NO26/c1-7(38)33-13-18(43)25(11(5-37)52-28(13)50)57-31-23(48)20(45)16(41)12(56-31)6-51-29-24(49)26(17(42)10(4-36)53-29)58-32-27(21(46)15(40)9(3-35)55-32)59-30-22(47)19(44)14(39)8(2-34)54-30/h8-32,34-37,39-50H,2-6H2,1H3,(H,33,38)/t8-,9-,10-,11+,12-,13+,14-,15-,16-,17-,18+,19+,20+,21+,22+,23+,24+,25+,26+,27+,28+,29+,30-,31+,32-/m0/s1. The molecule has 0 bridgehead atoms. The average Bonchev–Trinajstić information content (AvgIpc) is 3.21. The molecule has 5 rings (SSSR count). The van der Waals surface area contributed by atoms with Crippen molar-refractivity contribution in [1.29, 1.82) is 0 Å². The van der Waals surface area contributed by atoms with Crippen LogP contribution in [-0.2, 0) is 47.4 Å². The van der Waals surface area contributed by atoms with Crippen LogP contribution in [0.2, 0.25) is 0 Å². The quantitative estimate of drug-likeness (QED) is 0.0770. The van der Waals surface area contributed by atoms with Gasteiger partial charge in [-0.3, -0.25) is 4.79 Å². The lowest BCUT2D eigenvalue weighted by Crippen LogP contribution is -2.67. The van der Waals surface area contributed by atoms with Crippen LogP contribution in [0.25, 0.3) is 0 Å². The van der Waals surface area contributed by atoms with E-state index in [0.29, 0.717) is 0 Å². The lowest BCUT2D eigenvalue weighted by molar-refractivity contribution is -0.391. The number of carbonyl (C=O) groups is 1. The number of amides is 1. The molecule has 0 saturated carbocycles. The number of carbonyl (C=O) groups excluding carboxylic acids is 1. The van der Waals surface area contributed by atoms with Gasteiger partial charge in [-0.05, 0) is 0 Å². The lowest BCUT2D eigenvalue weighted by atomic mass is 9.95. The highest BCUT2D eigenvalue weighted by atomic mass is 16.8. The molecular formula is C32H55NO26. The number of nitrogens with one attached hydrogen (secondary N) is 1. The first-order valence-electron chi connectivity index (χ1n) is 18.6. The summed E-state index contributed by atoms with van der Waals surface area (Å²) in [5.74, 6) is -0.684. The molecule has 5 aliphatic heterocycles. The van der Waals surface area contributed by atoms with Crippen LogP contribution < -0.4 is 5.32 Å². The third-order valence-corrected chi connectivity index (χ3v) is 10.7. The van der Waals surface area contributed by atoms with Crippen LogP contribution in [-0.4, -0.2) is 274 Å². The highest BCUT2D eigenvalue weighted by Gasteiger charge is 2.55. The van der Waals surface area contributed by atoms with E-state index in [1.54, 1.807) is 0 Å². The Kier molecular flexibility index (Phi) is 17.1. The minimum Gasteiger partial charge on any atom is -0.394 e. The average molecular weight is 870 g/mol. The van der Waals surface area contributed by atoms with Gasteiger partial charge in [0.15, 0.2) is 31.5 Å². The highest BCUT2D eigenvalue weighted by molar-refractivity contribution is 5.73. The third-order valence-electron chi connectivity index (χ3n) is 10.7. The topological polar surface area (TPSA) is 436 Å². The Morgan fingerprint density at radius 1 is 0.441 bits per heavy atom. The van der Waals surface area contributed by atoms with Crippen molar-refractivity contribution in [3.05, 3.63) is 0 Å². The number of hydrogen-bond donors (Lipinski definition) is 17. The molecule has 5 aliphatic rings. The van der Waals surface area contributed by atoms with Crippen LogP contribution in [0.1, 0.15) is 6.92 Å². The molecule has 0 aromatic rings. The van der Waals surface area contributed by atoms with Crippen molar-refractivity contribution in [3.8, 4) is 0 Å². The molecule has 17 N–H and O–H groups in total. The number of aliphatic hydroxyl groups is 16. The van der Waals surface area contributed by atoms with Gasteiger partial charge in [-0.2, -0.15) is 0 Å². The van der Waals surface area contributed by atoms with Crippen molar-refractivity contribution in [1.82, 2.24) is 5.32 Å². The summed E-state index contributed by atoms with van der Waals surface area (Å²) in [5.41, 5.74) is 0. The number of hydrogen-bond acceptors (Lipinski definition) is 26. The zero-order valence-corrected chi connectivity index (χ0v) is 31.2. The predicted molar refractivity (Wildman–Crippen MR) is 178 cm³/mol. The zero-order chi connectivity index (χ0) is 43.6. The van der Waals surface area contributed by atoms with Crippen LogP contribution in [0.4, 0.5) is 0 Å². The highest BCUT2D eigenvalue weighted by Crippen LogP contribution is 2.34. The molecule has 5 fully saturated rings. The van der Waals surface area contributed by atoms with E-state index in [-0.39, 0.29) is 0 Å². The van der Waals surface area contributed by atoms with E-state index >= 15 is 0 Å². The van der Waals surface area contributed by atoms with Crippen LogP contribution >= 0.6 is 0 Å². The Balaban J connectivity index is 1.31. The summed E-state index contributed by atoms with van der Waals surface area (Å²) in [4.78, 5) is 11.7. The molecule has 0 aliphatic carbocycles. The van der Waals surface area contributed by atoms with E-state index < -0.39 is 192 Å². The SMILES string of the molecule is CC(=O)N[C@@H]1[C@@H](O)[C@H](O[C@H]2O[C@@H](CO[C@@H]3O[C@@H](CO)[C@H](O)[C@@H](O[C@@H]4O[C@@H](CO)[C@H](O)[C@@H](O)[C@H]4O[C@@H]4O[C@@H](CO)[C@H](O)[C@@H](O)[C@H]4O)[C@H]3O)[C@H](O)[C@@H](O)[C@H]2O)[C@@H](CO)O[C@H]1O. The molecule has 27 nitrogen and oxygen atoms in total. The summed E-state index contributed by atoms with van der Waals surface area (Å²) in [5, 5.41) is 170. The van der Waals surface area contributed by atoms with Crippen molar-refractivity contribution >= 4 is 5.91 Å². The largest absolute Gasteiger partial charge is 0.394 e. The second-order valence-corrected chi connectivity index (χ2v) is 14.7. The van der Waals surface area contributed by atoms with E-state index in [2.05, 4.69) is 5.32 Å². The summed E-state index contributed by atoms with van der Waals surface area (Å²) >= 11 is 0. The van der Waals surface area contributed by atoms with E-state index in [0.717, 1.165) is 6.92 Å². The lowest BCUT2D eigenvalue weighted by Gasteiger charge is -2.48. The van der Waals surface area contributed by atoms with Crippen LogP contribution in [0.5, 0.6) is 0 Å². The second kappa shape index (κ2) is 20.8. The van der Waals surface area contributed by atoms with Gasteiger partial charge in [0.2, 0.25) is 5.91 Å². The molecule has 0 aromatic carbocycles. The maximum Gasteiger partial charge on any atom is 0.217 e. The van der Waals surface area contributed by atoms with Crippen molar-refractivity contribution < 1.29 is 129 Å². The van der Waals surface area contributed by atoms with Gasteiger partial charge in [0.25, 0.3) is 0 Å². The molecule has 27 heteroatoms. The molecule has 0 radical (unpaired) electrons. The van der Waals surface area contributed by atoms with E-state index in [4.69, 9.17) is 42.6 Å². The first kappa shape index (κ1) is 48.5. The molecule has 1 amide bonds. The summed E-state index contributed by atoms with van der Waals surface area (Å²) in [6.45, 7) is -3.32. The molecule has 0 unspecified atom stereocenters. The summed E-state index contributed by atoms with van der Waals surface area (Å²) in [6, 6.07) is -1.48. The maximum absolute atomic E-state index is 11.7. The van der Waals surface area contributed by atoms with Gasteiger partial charge in [0, 0.05) is 6.92 Å². The fourth-order valence-corrected chi connectivity index (χ4v) is 7.30. The summed E-state index contributed by atoms with van der Waals surface area (Å²) in [6.07, 6.45) is -44.3. The number of ether oxygens (including phenoxy) is 9. The second-order valence-electron chi connectivity index (χ2n) is 14.7. The molecule has 5 saturated heterocycles. The van der Waals surface area contributed by atoms with Crippen LogP contribution in [0.15, 0.2) is 0 Å². The fourth-order valence-electron chi connectivity index (χ4n) is 7.30. The van der Waals surface area contributed by atoms with Crippen molar-refractivity contribution in [3.63, 3.8) is 0 Å². The van der Waals surface area contributed by atoms with Gasteiger partial charge in [-0.1, -0.05) is 0 Å². The van der Waals surface area contributed by atoms with Gasteiger partial charge in [0.1, 0.15) is 122 Å². The van der Waals surface area contributed by atoms with Gasteiger partial charge in [0.05, 0.1) is 33.0 Å². The minimum atomic E-state index is -2.08. The normalized spacial score (nSPS) is 51.0. The Bertz CT molecular complexity index is 1320. The number of rotatable bonds is 14. The summed E-state index contributed by atoms with van der Waals surface area (Å²) in [7, 11) is 0. The summed E-state index contributed by atoms with van der Waals surface area (Å²) < 4.78 is 49.9. The Morgan fingerprint density at radius 2 is 0.881 bits per heavy atom. The molecule has 25 atom stereocenters. The van der Waals surface area contributed by atoms with Crippen LogP contribution in [0.3, 0.4) is 0 Å².